The van der Waals surface area contributed by atoms with Gasteiger partial charge in [0.05, 0.1) is 6.26 Å². The molecular weight excluding hydrogens is 336 g/mol. The predicted molar refractivity (Wildman–Crippen MR) is 96.4 cm³/mol. The molecule has 0 saturated heterocycles. The SMILES string of the molecule is Brc1ccc2cc3c(ccc4c5ccoc5ccc34)cc2c1. The van der Waals surface area contributed by atoms with Gasteiger partial charge in [-0.25, -0.2) is 0 Å². The zero-order valence-corrected chi connectivity index (χ0v) is 13.2. The summed E-state index contributed by atoms with van der Waals surface area (Å²) in [7, 11) is 0. The molecule has 0 aliphatic rings. The van der Waals surface area contributed by atoms with Crippen LogP contribution in [0.25, 0.3) is 43.3 Å². The third-order valence-electron chi connectivity index (χ3n) is 4.37. The lowest BCUT2D eigenvalue weighted by Crippen LogP contribution is -1.80. The average Bonchev–Trinajstić information content (AvgIpc) is 3.01. The van der Waals surface area contributed by atoms with Gasteiger partial charge in [-0.2, -0.15) is 0 Å². The standard InChI is InChI=1S/C20H11BrO/c21-15-3-1-12-11-19-13(9-14(12)10-15)2-4-16-17(19)5-6-20-18(16)7-8-22-20/h1-11H. The third kappa shape index (κ3) is 1.65. The van der Waals surface area contributed by atoms with E-state index in [-0.39, 0.29) is 0 Å². The van der Waals surface area contributed by atoms with Crippen molar-refractivity contribution in [1.82, 2.24) is 0 Å². The van der Waals surface area contributed by atoms with Crippen molar-refractivity contribution in [2.24, 2.45) is 0 Å². The van der Waals surface area contributed by atoms with Gasteiger partial charge in [0, 0.05) is 9.86 Å². The van der Waals surface area contributed by atoms with Crippen LogP contribution in [0, 0.1) is 0 Å². The van der Waals surface area contributed by atoms with Gasteiger partial charge in [0.1, 0.15) is 5.58 Å². The van der Waals surface area contributed by atoms with Crippen molar-refractivity contribution in [2.45, 2.75) is 0 Å². The van der Waals surface area contributed by atoms with Crippen molar-refractivity contribution in [2.75, 3.05) is 0 Å². The molecule has 2 heteroatoms. The Morgan fingerprint density at radius 3 is 2.36 bits per heavy atom. The van der Waals surface area contributed by atoms with E-state index in [1.165, 1.54) is 37.7 Å². The second-order valence-electron chi connectivity index (χ2n) is 5.62. The molecule has 0 atom stereocenters. The Balaban J connectivity index is 2.00. The van der Waals surface area contributed by atoms with E-state index in [2.05, 4.69) is 70.5 Å². The molecule has 0 aliphatic carbocycles. The lowest BCUT2D eigenvalue weighted by Gasteiger charge is -2.07. The molecule has 5 rings (SSSR count). The van der Waals surface area contributed by atoms with Crippen molar-refractivity contribution in [3.63, 3.8) is 0 Å². The molecule has 1 heterocycles. The molecule has 0 N–H and O–H groups in total. The Kier molecular flexibility index (Phi) is 2.42. The minimum atomic E-state index is 0.941. The predicted octanol–water partition coefficient (Wildman–Crippen LogP) is 6.65. The lowest BCUT2D eigenvalue weighted by atomic mass is 9.97. The van der Waals surface area contributed by atoms with E-state index < -0.39 is 0 Å². The van der Waals surface area contributed by atoms with E-state index in [4.69, 9.17) is 4.42 Å². The van der Waals surface area contributed by atoms with Gasteiger partial charge >= 0.3 is 0 Å². The Bertz CT molecular complexity index is 1180. The van der Waals surface area contributed by atoms with Crippen LogP contribution in [-0.2, 0) is 0 Å². The molecule has 1 nitrogen and oxygen atoms in total. The summed E-state index contributed by atoms with van der Waals surface area (Å²) < 4.78 is 6.63. The van der Waals surface area contributed by atoms with E-state index in [0.717, 1.165) is 10.1 Å². The van der Waals surface area contributed by atoms with Gasteiger partial charge in [-0.3, -0.25) is 0 Å². The third-order valence-corrected chi connectivity index (χ3v) is 4.86. The summed E-state index contributed by atoms with van der Waals surface area (Å²) in [6.45, 7) is 0. The quantitative estimate of drug-likeness (QED) is 0.226. The highest BCUT2D eigenvalue weighted by atomic mass is 79.9. The first-order valence-corrected chi connectivity index (χ1v) is 8.01. The summed E-state index contributed by atoms with van der Waals surface area (Å²) >= 11 is 3.55. The van der Waals surface area contributed by atoms with Crippen LogP contribution in [-0.4, -0.2) is 0 Å². The van der Waals surface area contributed by atoms with Crippen LogP contribution in [0.15, 0.2) is 75.8 Å². The number of hydrogen-bond donors (Lipinski definition) is 0. The highest BCUT2D eigenvalue weighted by Gasteiger charge is 2.07. The van der Waals surface area contributed by atoms with Crippen molar-refractivity contribution >= 4 is 59.2 Å². The number of benzene rings is 4. The molecule has 0 unspecified atom stereocenters. The molecule has 0 aliphatic heterocycles. The number of furan rings is 1. The fourth-order valence-electron chi connectivity index (χ4n) is 3.31. The zero-order chi connectivity index (χ0) is 14.7. The fourth-order valence-corrected chi connectivity index (χ4v) is 3.69. The number of fused-ring (bicyclic) bond motifs is 6. The second-order valence-corrected chi connectivity index (χ2v) is 6.54. The van der Waals surface area contributed by atoms with Crippen molar-refractivity contribution in [3.05, 3.63) is 71.4 Å². The van der Waals surface area contributed by atoms with Crippen molar-refractivity contribution in [3.8, 4) is 0 Å². The van der Waals surface area contributed by atoms with Crippen LogP contribution >= 0.6 is 15.9 Å². The molecule has 0 bridgehead atoms. The van der Waals surface area contributed by atoms with Gasteiger partial charge in [-0.15, -0.1) is 0 Å². The highest BCUT2D eigenvalue weighted by molar-refractivity contribution is 9.10. The molecular formula is C20H11BrO. The maximum atomic E-state index is 5.52. The molecule has 5 aromatic rings. The second kappa shape index (κ2) is 4.34. The van der Waals surface area contributed by atoms with Crippen molar-refractivity contribution in [1.29, 1.82) is 0 Å². The molecule has 0 fully saturated rings. The number of halogens is 1. The first-order valence-electron chi connectivity index (χ1n) is 7.21. The molecule has 22 heavy (non-hydrogen) atoms. The van der Waals surface area contributed by atoms with E-state index in [0.29, 0.717) is 0 Å². The lowest BCUT2D eigenvalue weighted by molar-refractivity contribution is 0.616. The van der Waals surface area contributed by atoms with Gasteiger partial charge in [-0.1, -0.05) is 40.2 Å². The highest BCUT2D eigenvalue weighted by Crippen LogP contribution is 2.34. The van der Waals surface area contributed by atoms with Gasteiger partial charge in [0.15, 0.2) is 0 Å². The molecule has 104 valence electrons. The maximum absolute atomic E-state index is 5.52. The summed E-state index contributed by atoms with van der Waals surface area (Å²) in [6, 6.07) is 21.6. The molecule has 4 aromatic carbocycles. The van der Waals surface area contributed by atoms with E-state index in [1.807, 2.05) is 6.07 Å². The summed E-state index contributed by atoms with van der Waals surface area (Å²) in [5.41, 5.74) is 0.941. The van der Waals surface area contributed by atoms with E-state index in [1.54, 1.807) is 6.26 Å². The largest absolute Gasteiger partial charge is 0.464 e. The van der Waals surface area contributed by atoms with Crippen molar-refractivity contribution < 1.29 is 4.42 Å². The zero-order valence-electron chi connectivity index (χ0n) is 11.6. The Hall–Kier alpha value is -2.32. The minimum Gasteiger partial charge on any atom is -0.464 e. The first kappa shape index (κ1) is 12.2. The Labute approximate surface area is 135 Å². The first-order chi connectivity index (χ1) is 10.8. The Morgan fingerprint density at radius 2 is 1.41 bits per heavy atom. The summed E-state index contributed by atoms with van der Waals surface area (Å²) in [4.78, 5) is 0. The topological polar surface area (TPSA) is 13.1 Å². The molecule has 0 saturated carbocycles. The smallest absolute Gasteiger partial charge is 0.134 e. The van der Waals surface area contributed by atoms with Crippen LogP contribution in [0.4, 0.5) is 0 Å². The summed E-state index contributed by atoms with van der Waals surface area (Å²) in [5, 5.41) is 8.76. The number of hydrogen-bond acceptors (Lipinski definition) is 1. The Morgan fingerprint density at radius 1 is 0.591 bits per heavy atom. The summed E-state index contributed by atoms with van der Waals surface area (Å²) in [5.74, 6) is 0. The van der Waals surface area contributed by atoms with Gasteiger partial charge in [0.25, 0.3) is 0 Å². The summed E-state index contributed by atoms with van der Waals surface area (Å²) in [6.07, 6.45) is 1.76. The average molecular weight is 347 g/mol. The molecule has 0 spiro atoms. The maximum Gasteiger partial charge on any atom is 0.134 e. The van der Waals surface area contributed by atoms with Crippen LogP contribution < -0.4 is 0 Å². The van der Waals surface area contributed by atoms with Crippen LogP contribution in [0.2, 0.25) is 0 Å². The molecule has 0 radical (unpaired) electrons. The molecule has 1 aromatic heterocycles. The van der Waals surface area contributed by atoms with Crippen LogP contribution in [0.1, 0.15) is 0 Å². The van der Waals surface area contributed by atoms with Gasteiger partial charge < -0.3 is 4.42 Å². The number of rotatable bonds is 0. The molecule has 0 amide bonds. The van der Waals surface area contributed by atoms with Gasteiger partial charge in [0.2, 0.25) is 0 Å². The van der Waals surface area contributed by atoms with E-state index >= 15 is 0 Å². The fraction of sp³-hybridized carbons (Fsp3) is 0. The van der Waals surface area contributed by atoms with Gasteiger partial charge in [-0.05, 0) is 68.7 Å². The van der Waals surface area contributed by atoms with E-state index in [9.17, 15) is 0 Å². The monoisotopic (exact) mass is 346 g/mol. The van der Waals surface area contributed by atoms with Crippen LogP contribution in [0.5, 0.6) is 0 Å². The van der Waals surface area contributed by atoms with Crippen LogP contribution in [0.3, 0.4) is 0 Å². The minimum absolute atomic E-state index is 0.941. The normalized spacial score (nSPS) is 11.9.